The lowest BCUT2D eigenvalue weighted by Crippen LogP contribution is -1.97. The Morgan fingerprint density at radius 3 is 1.67 bits per heavy atom. The Kier molecular flexibility index (Phi) is 8.05. The van der Waals surface area contributed by atoms with Crippen LogP contribution in [0.2, 0.25) is 0 Å². The van der Waals surface area contributed by atoms with Gasteiger partial charge in [-0.15, -0.1) is 0 Å². The van der Waals surface area contributed by atoms with Gasteiger partial charge >= 0.3 is 0 Å². The van der Waals surface area contributed by atoms with Crippen LogP contribution in [0.5, 0.6) is 0 Å². The molecule has 0 saturated heterocycles. The molecule has 3 heteroatoms. The van der Waals surface area contributed by atoms with E-state index in [1.54, 1.807) is 30.3 Å². The van der Waals surface area contributed by atoms with E-state index in [2.05, 4.69) is 47.4 Å². The van der Waals surface area contributed by atoms with E-state index in [9.17, 15) is 2.74 Å². The Bertz CT molecular complexity index is 2630. The van der Waals surface area contributed by atoms with E-state index in [1.165, 1.54) is 18.3 Å². The molecule has 250 valence electrons. The standard InChI is InChI=1S/C49H37FN2/c1-34-27-36(18-17-35-19-26-48(51-32-35)40-13-7-3-8-14-40)29-42(28-34)45-30-43(50)24-25-44(45)47-33-52-49(41-15-9-4-10-16-41)31-46(47)39-22-20-38(21-23-39)37-11-5-2-6-12-37/h2-16,19-33H,17-18H2,1H3/i17D2,18D2. The Morgan fingerprint density at radius 2 is 1.00 bits per heavy atom. The minimum atomic E-state index is -2.48. The molecule has 0 unspecified atom stereocenters. The predicted octanol–water partition coefficient (Wildman–Crippen LogP) is 12.7. The molecule has 0 aliphatic heterocycles. The number of nitrogens with zero attached hydrogens (tertiary/aromatic N) is 2. The number of halogens is 1. The van der Waals surface area contributed by atoms with Crippen molar-refractivity contribution in [3.63, 3.8) is 0 Å². The fraction of sp³-hybridized carbons (Fsp3) is 0.0612. The molecule has 0 bridgehead atoms. The van der Waals surface area contributed by atoms with E-state index < -0.39 is 18.6 Å². The Hall–Kier alpha value is -6.45. The molecule has 0 saturated carbocycles. The SMILES string of the molecule is [2H]C([2H])(c1ccc(-c2ccccc2)nc1)C([2H])([2H])c1cc(C)cc(-c2cc(F)ccc2-c2cnc(-c3ccccc3)cc2-c2ccc(-c3ccccc3)cc2)c1. The second-order valence-corrected chi connectivity index (χ2v) is 12.8. The lowest BCUT2D eigenvalue weighted by molar-refractivity contribution is 0.628. The molecule has 6 aromatic carbocycles. The van der Waals surface area contributed by atoms with Gasteiger partial charge in [0.05, 0.1) is 11.4 Å². The normalized spacial score (nSPS) is 12.7. The molecule has 8 rings (SSSR count). The quantitative estimate of drug-likeness (QED) is 0.152. The van der Waals surface area contributed by atoms with Crippen molar-refractivity contribution in [2.45, 2.75) is 19.7 Å². The molecule has 2 aromatic heterocycles. The maximum absolute atomic E-state index is 15.3. The Labute approximate surface area is 310 Å². The molecule has 0 N–H and O–H groups in total. The van der Waals surface area contributed by atoms with Crippen molar-refractivity contribution in [1.29, 1.82) is 0 Å². The molecule has 2 heterocycles. The molecule has 2 nitrogen and oxygen atoms in total. The smallest absolute Gasteiger partial charge is 0.123 e. The van der Waals surface area contributed by atoms with Crippen LogP contribution in [-0.2, 0) is 12.7 Å². The number of pyridine rings is 2. The minimum Gasteiger partial charge on any atom is -0.256 e. The molecule has 0 atom stereocenters. The number of benzene rings is 6. The molecule has 0 aliphatic carbocycles. The summed E-state index contributed by atoms with van der Waals surface area (Å²) in [6.07, 6.45) is -1.72. The zero-order valence-corrected chi connectivity index (χ0v) is 28.6. The van der Waals surface area contributed by atoms with Gasteiger partial charge in [-0.3, -0.25) is 9.97 Å². The Balaban J connectivity index is 1.23. The molecule has 0 spiro atoms. The zero-order valence-electron chi connectivity index (χ0n) is 32.6. The molecule has 0 aliphatic rings. The third-order valence-corrected chi connectivity index (χ3v) is 9.12. The van der Waals surface area contributed by atoms with E-state index in [-0.39, 0.29) is 11.1 Å². The fourth-order valence-electron chi connectivity index (χ4n) is 6.54. The predicted molar refractivity (Wildman–Crippen MR) is 213 cm³/mol. The first kappa shape index (κ1) is 28.3. The first-order valence-electron chi connectivity index (χ1n) is 19.2. The lowest BCUT2D eigenvalue weighted by Gasteiger charge is -2.17. The van der Waals surface area contributed by atoms with Gasteiger partial charge in [-0.25, -0.2) is 4.39 Å². The topological polar surface area (TPSA) is 25.8 Å². The molecule has 0 radical (unpaired) electrons. The van der Waals surface area contributed by atoms with Crippen LogP contribution >= 0.6 is 0 Å². The fourth-order valence-corrected chi connectivity index (χ4v) is 6.54. The number of hydrogen-bond donors (Lipinski definition) is 0. The van der Waals surface area contributed by atoms with Gasteiger partial charge in [0.2, 0.25) is 0 Å². The summed E-state index contributed by atoms with van der Waals surface area (Å²) >= 11 is 0. The largest absolute Gasteiger partial charge is 0.256 e. The minimum absolute atomic E-state index is 0.115. The molecular weight excluding hydrogens is 636 g/mol. The van der Waals surface area contributed by atoms with Crippen LogP contribution in [-0.4, -0.2) is 9.97 Å². The number of aryl methyl sites for hydroxylation is 3. The van der Waals surface area contributed by atoms with Crippen molar-refractivity contribution < 1.29 is 9.87 Å². The van der Waals surface area contributed by atoms with Crippen LogP contribution in [0.1, 0.15) is 22.2 Å². The third-order valence-electron chi connectivity index (χ3n) is 9.12. The summed E-state index contributed by atoms with van der Waals surface area (Å²) in [5.41, 5.74) is 10.9. The Morgan fingerprint density at radius 1 is 0.423 bits per heavy atom. The van der Waals surface area contributed by atoms with Gasteiger partial charge in [-0.05, 0) is 94.0 Å². The van der Waals surface area contributed by atoms with Crippen molar-refractivity contribution in [3.8, 4) is 67.0 Å². The summed E-state index contributed by atoms with van der Waals surface area (Å²) in [5.74, 6) is -0.447. The second kappa shape index (κ2) is 14.8. The van der Waals surface area contributed by atoms with Crippen LogP contribution in [0.25, 0.3) is 67.0 Å². The number of rotatable bonds is 9. The first-order chi connectivity index (χ1) is 27.1. The van der Waals surface area contributed by atoms with Crippen molar-refractivity contribution >= 4 is 0 Å². The maximum Gasteiger partial charge on any atom is 0.123 e. The summed E-state index contributed by atoms with van der Waals surface area (Å²) in [6.45, 7) is 1.84. The van der Waals surface area contributed by atoms with Gasteiger partial charge < -0.3 is 0 Å². The van der Waals surface area contributed by atoms with E-state index in [0.29, 0.717) is 27.9 Å². The molecular formula is C49H37FN2. The van der Waals surface area contributed by atoms with Crippen molar-refractivity contribution in [3.05, 3.63) is 205 Å². The second-order valence-electron chi connectivity index (χ2n) is 12.8. The monoisotopic (exact) mass is 676 g/mol. The number of hydrogen-bond acceptors (Lipinski definition) is 2. The zero-order chi connectivity index (χ0) is 38.9. The summed E-state index contributed by atoms with van der Waals surface area (Å²) < 4.78 is 52.0. The highest BCUT2D eigenvalue weighted by atomic mass is 19.1. The maximum atomic E-state index is 15.3. The number of aromatic nitrogens is 2. The summed E-state index contributed by atoms with van der Waals surface area (Å²) in [7, 11) is 0. The highest BCUT2D eigenvalue weighted by molar-refractivity contribution is 5.93. The van der Waals surface area contributed by atoms with Crippen molar-refractivity contribution in [1.82, 2.24) is 9.97 Å². The van der Waals surface area contributed by atoms with Crippen LogP contribution in [0.3, 0.4) is 0 Å². The van der Waals surface area contributed by atoms with E-state index in [0.717, 1.165) is 44.6 Å². The summed E-state index contributed by atoms with van der Waals surface area (Å²) in [4.78, 5) is 9.37. The third kappa shape index (κ3) is 7.21. The molecule has 52 heavy (non-hydrogen) atoms. The summed E-state index contributed by atoms with van der Waals surface area (Å²) in [5, 5.41) is 0. The highest BCUT2D eigenvalue weighted by Crippen LogP contribution is 2.41. The van der Waals surface area contributed by atoms with Gasteiger partial charge in [-0.2, -0.15) is 0 Å². The van der Waals surface area contributed by atoms with Gasteiger partial charge in [-0.1, -0.05) is 151 Å². The lowest BCUT2D eigenvalue weighted by atomic mass is 9.88. The van der Waals surface area contributed by atoms with E-state index in [4.69, 9.17) is 7.73 Å². The van der Waals surface area contributed by atoms with Crippen molar-refractivity contribution in [2.24, 2.45) is 0 Å². The van der Waals surface area contributed by atoms with Gasteiger partial charge in [0.1, 0.15) is 5.82 Å². The van der Waals surface area contributed by atoms with Crippen molar-refractivity contribution in [2.75, 3.05) is 0 Å². The van der Waals surface area contributed by atoms with Crippen LogP contribution in [0.4, 0.5) is 4.39 Å². The van der Waals surface area contributed by atoms with Crippen LogP contribution < -0.4 is 0 Å². The van der Waals surface area contributed by atoms with Gasteiger partial charge in [0.15, 0.2) is 0 Å². The van der Waals surface area contributed by atoms with Gasteiger partial charge in [0, 0.05) is 34.6 Å². The van der Waals surface area contributed by atoms with E-state index in [1.807, 2.05) is 98.0 Å². The first-order valence-corrected chi connectivity index (χ1v) is 17.2. The van der Waals surface area contributed by atoms with E-state index >= 15 is 4.39 Å². The average molecular weight is 677 g/mol. The molecule has 0 amide bonds. The summed E-state index contributed by atoms with van der Waals surface area (Å²) in [6, 6.07) is 53.2. The van der Waals surface area contributed by atoms with Crippen LogP contribution in [0.15, 0.2) is 182 Å². The molecule has 8 aromatic rings. The van der Waals surface area contributed by atoms with Gasteiger partial charge in [0.25, 0.3) is 0 Å². The molecule has 0 fully saturated rings. The van der Waals surface area contributed by atoms with Crippen LogP contribution in [0, 0.1) is 12.7 Å². The highest BCUT2D eigenvalue weighted by Gasteiger charge is 2.17. The average Bonchev–Trinajstić information content (AvgIpc) is 3.24.